The van der Waals surface area contributed by atoms with Crippen molar-refractivity contribution in [2.24, 2.45) is 0 Å². The van der Waals surface area contributed by atoms with Crippen molar-refractivity contribution in [3.05, 3.63) is 29.3 Å². The fraction of sp³-hybridized carbons (Fsp3) is 0.500. The first-order chi connectivity index (χ1) is 8.56. The van der Waals surface area contributed by atoms with Crippen LogP contribution in [0.1, 0.15) is 11.1 Å². The number of carbonyl (C=O) groups is 1. The van der Waals surface area contributed by atoms with E-state index in [0.717, 1.165) is 37.4 Å². The van der Waals surface area contributed by atoms with Crippen molar-refractivity contribution in [2.75, 3.05) is 38.5 Å². The molecule has 1 aliphatic rings. The van der Waals surface area contributed by atoms with Crippen molar-refractivity contribution in [2.45, 2.75) is 13.8 Å². The lowest BCUT2D eigenvalue weighted by atomic mass is 10.1. The third kappa shape index (κ3) is 3.01. The van der Waals surface area contributed by atoms with Crippen LogP contribution >= 0.6 is 0 Å². The number of hydrogen-bond donors (Lipinski definition) is 1. The molecule has 0 unspecified atom stereocenters. The van der Waals surface area contributed by atoms with Crippen LogP contribution in [-0.4, -0.2) is 49.1 Å². The molecule has 1 N–H and O–H groups in total. The smallest absolute Gasteiger partial charge is 0.321 e. The number of nitrogens with one attached hydrogen (secondary N) is 1. The molecular weight excluding hydrogens is 226 g/mol. The molecule has 1 saturated heterocycles. The Morgan fingerprint density at radius 2 is 1.83 bits per heavy atom. The van der Waals surface area contributed by atoms with Gasteiger partial charge in [0.15, 0.2) is 0 Å². The molecule has 1 aliphatic heterocycles. The summed E-state index contributed by atoms with van der Waals surface area (Å²) in [6.07, 6.45) is 0. The summed E-state index contributed by atoms with van der Waals surface area (Å²) in [4.78, 5) is 16.2. The second kappa shape index (κ2) is 5.40. The molecule has 0 aromatic heterocycles. The molecule has 18 heavy (non-hydrogen) atoms. The van der Waals surface area contributed by atoms with E-state index in [-0.39, 0.29) is 6.03 Å². The van der Waals surface area contributed by atoms with E-state index >= 15 is 0 Å². The summed E-state index contributed by atoms with van der Waals surface area (Å²) in [5, 5.41) is 2.99. The fourth-order valence-electron chi connectivity index (χ4n) is 2.16. The van der Waals surface area contributed by atoms with E-state index in [1.807, 2.05) is 24.0 Å². The number of nitrogens with zero attached hydrogens (tertiary/aromatic N) is 2. The number of urea groups is 1. The van der Waals surface area contributed by atoms with Gasteiger partial charge >= 0.3 is 6.03 Å². The summed E-state index contributed by atoms with van der Waals surface area (Å²) < 4.78 is 0. The van der Waals surface area contributed by atoms with Gasteiger partial charge in [-0.3, -0.25) is 0 Å². The second-order valence-electron chi connectivity index (χ2n) is 5.04. The Morgan fingerprint density at radius 1 is 1.17 bits per heavy atom. The summed E-state index contributed by atoms with van der Waals surface area (Å²) in [5.74, 6) is 0. The Hall–Kier alpha value is -1.55. The van der Waals surface area contributed by atoms with Gasteiger partial charge in [0.1, 0.15) is 0 Å². The second-order valence-corrected chi connectivity index (χ2v) is 5.04. The highest BCUT2D eigenvalue weighted by molar-refractivity contribution is 5.90. The number of carbonyl (C=O) groups excluding carboxylic acids is 1. The van der Waals surface area contributed by atoms with Gasteiger partial charge in [-0.05, 0) is 32.5 Å². The quantitative estimate of drug-likeness (QED) is 0.824. The van der Waals surface area contributed by atoms with Gasteiger partial charge in [0.2, 0.25) is 0 Å². The van der Waals surface area contributed by atoms with Crippen LogP contribution in [0.4, 0.5) is 10.5 Å². The zero-order chi connectivity index (χ0) is 13.1. The molecule has 2 amide bonds. The number of piperazine rings is 1. The van der Waals surface area contributed by atoms with E-state index in [9.17, 15) is 4.79 Å². The summed E-state index contributed by atoms with van der Waals surface area (Å²) in [6, 6.07) is 6.08. The molecule has 1 heterocycles. The van der Waals surface area contributed by atoms with E-state index < -0.39 is 0 Å². The van der Waals surface area contributed by atoms with E-state index in [4.69, 9.17) is 0 Å². The van der Waals surface area contributed by atoms with Gasteiger partial charge < -0.3 is 15.1 Å². The number of benzene rings is 1. The molecule has 0 spiro atoms. The molecule has 1 aromatic rings. The molecule has 4 nitrogen and oxygen atoms in total. The molecule has 1 fully saturated rings. The van der Waals surface area contributed by atoms with Gasteiger partial charge in [-0.15, -0.1) is 0 Å². The first-order valence-electron chi connectivity index (χ1n) is 6.38. The fourth-order valence-corrected chi connectivity index (χ4v) is 2.16. The lowest BCUT2D eigenvalue weighted by Gasteiger charge is -2.32. The third-order valence-electron chi connectivity index (χ3n) is 3.41. The van der Waals surface area contributed by atoms with Gasteiger partial charge in [-0.1, -0.05) is 17.7 Å². The van der Waals surface area contributed by atoms with Gasteiger partial charge in [0.25, 0.3) is 0 Å². The third-order valence-corrected chi connectivity index (χ3v) is 3.41. The number of amides is 2. The molecule has 98 valence electrons. The molecule has 0 saturated carbocycles. The van der Waals surface area contributed by atoms with Crippen LogP contribution in [0.3, 0.4) is 0 Å². The monoisotopic (exact) mass is 247 g/mol. The van der Waals surface area contributed by atoms with Gasteiger partial charge in [0, 0.05) is 31.9 Å². The zero-order valence-corrected chi connectivity index (χ0v) is 11.4. The van der Waals surface area contributed by atoms with Crippen molar-refractivity contribution in [1.29, 1.82) is 0 Å². The number of anilines is 1. The molecule has 4 heteroatoms. The highest BCUT2D eigenvalue weighted by Gasteiger charge is 2.19. The molecule has 0 atom stereocenters. The summed E-state index contributed by atoms with van der Waals surface area (Å²) >= 11 is 0. The van der Waals surface area contributed by atoms with Crippen LogP contribution < -0.4 is 5.32 Å². The van der Waals surface area contributed by atoms with Crippen molar-refractivity contribution in [1.82, 2.24) is 9.80 Å². The van der Waals surface area contributed by atoms with E-state index in [1.165, 1.54) is 5.56 Å². The van der Waals surface area contributed by atoms with Crippen LogP contribution in [0.2, 0.25) is 0 Å². The molecule has 1 aromatic carbocycles. The number of aryl methyl sites for hydroxylation is 2. The van der Waals surface area contributed by atoms with E-state index in [1.54, 1.807) is 0 Å². The van der Waals surface area contributed by atoms with E-state index in [2.05, 4.69) is 30.3 Å². The van der Waals surface area contributed by atoms with Crippen LogP contribution in [0.15, 0.2) is 18.2 Å². The average Bonchev–Trinajstić information content (AvgIpc) is 2.33. The minimum Gasteiger partial charge on any atom is -0.322 e. The van der Waals surface area contributed by atoms with Crippen LogP contribution in [0.5, 0.6) is 0 Å². The van der Waals surface area contributed by atoms with E-state index in [0.29, 0.717) is 0 Å². The van der Waals surface area contributed by atoms with Gasteiger partial charge in [-0.25, -0.2) is 4.79 Å². The predicted molar refractivity (Wildman–Crippen MR) is 74.0 cm³/mol. The van der Waals surface area contributed by atoms with Crippen molar-refractivity contribution >= 4 is 11.7 Å². The molecule has 0 radical (unpaired) electrons. The maximum Gasteiger partial charge on any atom is 0.321 e. The minimum atomic E-state index is 0.00931. The minimum absolute atomic E-state index is 0.00931. The van der Waals surface area contributed by atoms with Crippen molar-refractivity contribution in [3.63, 3.8) is 0 Å². The Balaban J connectivity index is 1.98. The zero-order valence-electron chi connectivity index (χ0n) is 11.4. The lowest BCUT2D eigenvalue weighted by Crippen LogP contribution is -2.48. The molecule has 0 aliphatic carbocycles. The number of rotatable bonds is 1. The number of likely N-dealkylation sites (N-methyl/N-ethyl adjacent to an activating group) is 1. The average molecular weight is 247 g/mol. The molecule has 2 rings (SSSR count). The first-order valence-corrected chi connectivity index (χ1v) is 6.38. The standard InChI is InChI=1S/C14H21N3O/c1-11-4-5-13(12(2)10-11)15-14(18)17-8-6-16(3)7-9-17/h4-5,10H,6-9H2,1-3H3,(H,15,18). The van der Waals surface area contributed by atoms with Crippen molar-refractivity contribution < 1.29 is 4.79 Å². The van der Waals surface area contributed by atoms with Gasteiger partial charge in [-0.2, -0.15) is 0 Å². The maximum atomic E-state index is 12.1. The van der Waals surface area contributed by atoms with Crippen LogP contribution in [0.25, 0.3) is 0 Å². The van der Waals surface area contributed by atoms with Gasteiger partial charge in [0.05, 0.1) is 0 Å². The Bertz CT molecular complexity index is 437. The Kier molecular flexibility index (Phi) is 3.87. The first kappa shape index (κ1) is 12.9. The largest absolute Gasteiger partial charge is 0.322 e. The molecular formula is C14H21N3O. The summed E-state index contributed by atoms with van der Waals surface area (Å²) in [7, 11) is 2.08. The predicted octanol–water partition coefficient (Wildman–Crippen LogP) is 2.08. The number of hydrogen-bond acceptors (Lipinski definition) is 2. The van der Waals surface area contributed by atoms with Crippen molar-refractivity contribution in [3.8, 4) is 0 Å². The summed E-state index contributed by atoms with van der Waals surface area (Å²) in [5.41, 5.74) is 3.23. The Morgan fingerprint density at radius 3 is 2.44 bits per heavy atom. The molecule has 0 bridgehead atoms. The van der Waals surface area contributed by atoms with Crippen LogP contribution in [-0.2, 0) is 0 Å². The normalized spacial score (nSPS) is 16.7. The maximum absolute atomic E-state index is 12.1. The topological polar surface area (TPSA) is 35.6 Å². The highest BCUT2D eigenvalue weighted by Crippen LogP contribution is 2.16. The SMILES string of the molecule is Cc1ccc(NC(=O)N2CCN(C)CC2)c(C)c1. The lowest BCUT2D eigenvalue weighted by molar-refractivity contribution is 0.164. The Labute approximate surface area is 109 Å². The summed E-state index contributed by atoms with van der Waals surface area (Å²) in [6.45, 7) is 7.56. The highest BCUT2D eigenvalue weighted by atomic mass is 16.2. The van der Waals surface area contributed by atoms with Crippen LogP contribution in [0, 0.1) is 13.8 Å².